The van der Waals surface area contributed by atoms with E-state index in [1.807, 2.05) is 6.26 Å². The number of rotatable bonds is 6. The topological polar surface area (TPSA) is 45.1 Å². The molecular formula is C13H24N2OS2. The van der Waals surface area contributed by atoms with Crippen LogP contribution < -0.4 is 5.32 Å². The van der Waals surface area contributed by atoms with Gasteiger partial charge < -0.3 is 10.4 Å². The van der Waals surface area contributed by atoms with Crippen molar-refractivity contribution in [3.63, 3.8) is 0 Å². The van der Waals surface area contributed by atoms with Gasteiger partial charge in [0.2, 0.25) is 0 Å². The minimum absolute atomic E-state index is 0.126. The molecule has 5 heteroatoms. The lowest BCUT2D eigenvalue weighted by Gasteiger charge is -2.20. The highest BCUT2D eigenvalue weighted by atomic mass is 32.2. The summed E-state index contributed by atoms with van der Waals surface area (Å²) in [5.74, 6) is 0. The molecule has 2 unspecified atom stereocenters. The van der Waals surface area contributed by atoms with Crippen molar-refractivity contribution in [2.24, 2.45) is 0 Å². The van der Waals surface area contributed by atoms with Crippen molar-refractivity contribution in [2.45, 2.75) is 50.9 Å². The van der Waals surface area contributed by atoms with E-state index in [-0.39, 0.29) is 23.3 Å². The number of aliphatic hydroxyl groups is 1. The van der Waals surface area contributed by atoms with Crippen molar-refractivity contribution in [1.82, 2.24) is 10.3 Å². The second-order valence-corrected chi connectivity index (χ2v) is 7.46. The molecule has 2 N–H and O–H groups in total. The number of hydrogen-bond acceptors (Lipinski definition) is 5. The van der Waals surface area contributed by atoms with Crippen molar-refractivity contribution < 1.29 is 5.11 Å². The predicted molar refractivity (Wildman–Crippen MR) is 81.5 cm³/mol. The third kappa shape index (κ3) is 4.53. The summed E-state index contributed by atoms with van der Waals surface area (Å²) in [6.07, 6.45) is 2.03. The minimum atomic E-state index is 0.126. The molecule has 2 atom stereocenters. The molecule has 0 saturated heterocycles. The van der Waals surface area contributed by atoms with Gasteiger partial charge in [-0.05, 0) is 13.2 Å². The Labute approximate surface area is 118 Å². The Kier molecular flexibility index (Phi) is 6.11. The number of nitrogens with zero attached hydrogens (tertiary/aromatic N) is 1. The Balaban J connectivity index is 2.51. The van der Waals surface area contributed by atoms with E-state index in [4.69, 9.17) is 0 Å². The third-order valence-electron chi connectivity index (χ3n) is 2.84. The summed E-state index contributed by atoms with van der Waals surface area (Å²) < 4.78 is 0. The molecular weight excluding hydrogens is 264 g/mol. The number of thiazole rings is 1. The van der Waals surface area contributed by atoms with Crippen LogP contribution in [0.3, 0.4) is 0 Å². The Morgan fingerprint density at radius 2 is 2.17 bits per heavy atom. The average molecular weight is 288 g/mol. The lowest BCUT2D eigenvalue weighted by atomic mass is 9.98. The molecule has 0 aromatic carbocycles. The lowest BCUT2D eigenvalue weighted by Crippen LogP contribution is -2.37. The van der Waals surface area contributed by atoms with Crippen LogP contribution in [-0.4, -0.2) is 34.2 Å². The first-order valence-electron chi connectivity index (χ1n) is 6.20. The second kappa shape index (κ2) is 6.89. The SMILES string of the molecule is CSC(CO)C(C)NCc1csc(C(C)(C)C)n1. The highest BCUT2D eigenvalue weighted by molar-refractivity contribution is 7.99. The molecule has 0 amide bonds. The molecule has 0 aliphatic rings. The molecule has 18 heavy (non-hydrogen) atoms. The van der Waals surface area contributed by atoms with E-state index in [2.05, 4.69) is 43.4 Å². The first-order chi connectivity index (χ1) is 8.38. The molecule has 0 radical (unpaired) electrons. The smallest absolute Gasteiger partial charge is 0.0982 e. The third-order valence-corrected chi connectivity index (χ3v) is 5.32. The molecule has 0 saturated carbocycles. The monoisotopic (exact) mass is 288 g/mol. The lowest BCUT2D eigenvalue weighted by molar-refractivity contribution is 0.275. The number of hydrogen-bond donors (Lipinski definition) is 2. The number of aliphatic hydroxyl groups excluding tert-OH is 1. The van der Waals surface area contributed by atoms with Crippen LogP contribution in [0, 0.1) is 0 Å². The molecule has 104 valence electrons. The van der Waals surface area contributed by atoms with Gasteiger partial charge >= 0.3 is 0 Å². The maximum atomic E-state index is 9.23. The van der Waals surface area contributed by atoms with Crippen molar-refractivity contribution in [2.75, 3.05) is 12.9 Å². The van der Waals surface area contributed by atoms with Crippen LogP contribution in [0.25, 0.3) is 0 Å². The number of aromatic nitrogens is 1. The van der Waals surface area contributed by atoms with Crippen molar-refractivity contribution in [3.8, 4) is 0 Å². The maximum Gasteiger partial charge on any atom is 0.0982 e. The second-order valence-electron chi connectivity index (χ2n) is 5.52. The normalized spacial score (nSPS) is 15.7. The van der Waals surface area contributed by atoms with Crippen LogP contribution in [0.15, 0.2) is 5.38 Å². The quantitative estimate of drug-likeness (QED) is 0.845. The predicted octanol–water partition coefficient (Wildman–Crippen LogP) is 2.64. The number of thioether (sulfide) groups is 1. The van der Waals surface area contributed by atoms with Gasteiger partial charge in [0, 0.05) is 28.6 Å². The van der Waals surface area contributed by atoms with Crippen LogP contribution in [0.2, 0.25) is 0 Å². The van der Waals surface area contributed by atoms with E-state index < -0.39 is 0 Å². The van der Waals surface area contributed by atoms with Gasteiger partial charge in [0.15, 0.2) is 0 Å². The average Bonchev–Trinajstić information content (AvgIpc) is 2.76. The van der Waals surface area contributed by atoms with E-state index in [0.29, 0.717) is 0 Å². The molecule has 1 aromatic heterocycles. The molecule has 0 aliphatic heterocycles. The Morgan fingerprint density at radius 3 is 2.61 bits per heavy atom. The molecule has 0 fully saturated rings. The summed E-state index contributed by atoms with van der Waals surface area (Å²) in [6.45, 7) is 9.63. The standard InChI is InChI=1S/C13H24N2OS2/c1-9(11(7-16)17-5)14-6-10-8-18-12(15-10)13(2,3)4/h8-9,11,14,16H,6-7H2,1-5H3. The largest absolute Gasteiger partial charge is 0.395 e. The van der Waals surface area contributed by atoms with Gasteiger partial charge in [0.1, 0.15) is 0 Å². The van der Waals surface area contributed by atoms with Crippen LogP contribution >= 0.6 is 23.1 Å². The van der Waals surface area contributed by atoms with Crippen LogP contribution in [0.5, 0.6) is 0 Å². The molecule has 0 aliphatic carbocycles. The fourth-order valence-electron chi connectivity index (χ4n) is 1.57. The minimum Gasteiger partial charge on any atom is -0.395 e. The Morgan fingerprint density at radius 1 is 1.50 bits per heavy atom. The van der Waals surface area contributed by atoms with Gasteiger partial charge in [-0.1, -0.05) is 20.8 Å². The molecule has 3 nitrogen and oxygen atoms in total. The fraction of sp³-hybridized carbons (Fsp3) is 0.769. The van der Waals surface area contributed by atoms with Gasteiger partial charge in [0.05, 0.1) is 17.3 Å². The Bertz CT molecular complexity index is 356. The summed E-state index contributed by atoms with van der Waals surface area (Å²) in [5, 5.41) is 16.2. The zero-order valence-corrected chi connectivity index (χ0v) is 13.5. The van der Waals surface area contributed by atoms with Crippen molar-refractivity contribution >= 4 is 23.1 Å². The summed E-state index contributed by atoms with van der Waals surface area (Å²) in [4.78, 5) is 4.65. The van der Waals surface area contributed by atoms with E-state index in [1.165, 1.54) is 5.01 Å². The van der Waals surface area contributed by atoms with E-state index in [9.17, 15) is 5.11 Å². The zero-order valence-electron chi connectivity index (χ0n) is 11.9. The summed E-state index contributed by atoms with van der Waals surface area (Å²) >= 11 is 3.41. The van der Waals surface area contributed by atoms with Gasteiger partial charge in [-0.3, -0.25) is 0 Å². The van der Waals surface area contributed by atoms with Gasteiger partial charge in [-0.25, -0.2) is 4.98 Å². The summed E-state index contributed by atoms with van der Waals surface area (Å²) in [5.41, 5.74) is 1.22. The summed E-state index contributed by atoms with van der Waals surface area (Å²) in [6, 6.07) is 0.282. The first-order valence-corrected chi connectivity index (χ1v) is 8.37. The molecule has 1 aromatic rings. The van der Waals surface area contributed by atoms with Crippen molar-refractivity contribution in [3.05, 3.63) is 16.1 Å². The highest BCUT2D eigenvalue weighted by Gasteiger charge is 2.19. The first kappa shape index (κ1) is 16.0. The van der Waals surface area contributed by atoms with Gasteiger partial charge in [-0.2, -0.15) is 11.8 Å². The van der Waals surface area contributed by atoms with E-state index >= 15 is 0 Å². The van der Waals surface area contributed by atoms with Crippen LogP contribution in [-0.2, 0) is 12.0 Å². The molecule has 1 heterocycles. The van der Waals surface area contributed by atoms with Crippen LogP contribution in [0.1, 0.15) is 38.4 Å². The number of nitrogens with one attached hydrogen (secondary N) is 1. The van der Waals surface area contributed by atoms with Crippen LogP contribution in [0.4, 0.5) is 0 Å². The summed E-state index contributed by atoms with van der Waals surface area (Å²) in [7, 11) is 0. The molecule has 0 spiro atoms. The zero-order chi connectivity index (χ0) is 13.8. The fourth-order valence-corrected chi connectivity index (χ4v) is 3.13. The molecule has 1 rings (SSSR count). The van der Waals surface area contributed by atoms with Crippen molar-refractivity contribution in [1.29, 1.82) is 0 Å². The van der Waals surface area contributed by atoms with E-state index in [0.717, 1.165) is 12.2 Å². The Hall–Kier alpha value is -0.100. The van der Waals surface area contributed by atoms with E-state index in [1.54, 1.807) is 23.1 Å². The maximum absolute atomic E-state index is 9.23. The van der Waals surface area contributed by atoms with Gasteiger partial charge in [-0.15, -0.1) is 11.3 Å². The molecule has 0 bridgehead atoms. The highest BCUT2D eigenvalue weighted by Crippen LogP contribution is 2.25. The van der Waals surface area contributed by atoms with Gasteiger partial charge in [0.25, 0.3) is 0 Å².